The fourth-order valence-electron chi connectivity index (χ4n) is 1.15. The van der Waals surface area contributed by atoms with Gasteiger partial charge < -0.3 is 5.32 Å². The van der Waals surface area contributed by atoms with Crippen molar-refractivity contribution in [2.75, 3.05) is 6.54 Å². The minimum Gasteiger partial charge on any atom is -0.345 e. The van der Waals surface area contributed by atoms with Gasteiger partial charge in [-0.3, -0.25) is 9.59 Å². The number of ketones is 1. The molecule has 0 fully saturated rings. The Morgan fingerprint density at radius 1 is 1.41 bits per heavy atom. The zero-order valence-electron chi connectivity index (χ0n) is 9.59. The Bertz CT molecular complexity index is 446. The lowest BCUT2D eigenvalue weighted by atomic mass is 10.1. The summed E-state index contributed by atoms with van der Waals surface area (Å²) in [4.78, 5) is 22.9. The highest BCUT2D eigenvalue weighted by atomic mass is 35.5. The molecule has 0 aliphatic carbocycles. The summed E-state index contributed by atoms with van der Waals surface area (Å²) in [6, 6.07) is 3.96. The number of hydrogen-bond donors (Lipinski definition) is 1. The van der Waals surface area contributed by atoms with Gasteiger partial charge in [0.1, 0.15) is 5.82 Å². The number of Topliss-reactive ketones (excluding diaryl/α,β-unsaturated/α-hetero) is 1. The summed E-state index contributed by atoms with van der Waals surface area (Å²) >= 11 is 5.65. The Morgan fingerprint density at radius 2 is 2.06 bits per heavy atom. The SMILES string of the molecule is CC(C)C(=O)CNC(=O)c1cccc(F)c1Cl. The van der Waals surface area contributed by atoms with E-state index in [1.54, 1.807) is 13.8 Å². The third-order valence-electron chi connectivity index (χ3n) is 2.26. The van der Waals surface area contributed by atoms with Crippen LogP contribution >= 0.6 is 11.6 Å². The van der Waals surface area contributed by atoms with E-state index in [1.165, 1.54) is 18.2 Å². The number of carbonyl (C=O) groups is 2. The van der Waals surface area contributed by atoms with Crippen LogP contribution in [-0.2, 0) is 4.79 Å². The molecule has 1 aromatic rings. The van der Waals surface area contributed by atoms with E-state index in [0.29, 0.717) is 0 Å². The van der Waals surface area contributed by atoms with Crippen LogP contribution in [0, 0.1) is 11.7 Å². The monoisotopic (exact) mass is 257 g/mol. The molecule has 5 heteroatoms. The van der Waals surface area contributed by atoms with E-state index >= 15 is 0 Å². The van der Waals surface area contributed by atoms with Crippen molar-refractivity contribution in [2.45, 2.75) is 13.8 Å². The molecule has 0 bridgehead atoms. The van der Waals surface area contributed by atoms with Crippen LogP contribution in [0.15, 0.2) is 18.2 Å². The molecule has 1 rings (SSSR count). The first kappa shape index (κ1) is 13.6. The smallest absolute Gasteiger partial charge is 0.253 e. The molecule has 17 heavy (non-hydrogen) atoms. The second-order valence-electron chi connectivity index (χ2n) is 3.91. The molecule has 0 atom stereocenters. The van der Waals surface area contributed by atoms with Crippen molar-refractivity contribution < 1.29 is 14.0 Å². The summed E-state index contributed by atoms with van der Waals surface area (Å²) in [5.74, 6) is -1.46. The summed E-state index contributed by atoms with van der Waals surface area (Å²) in [5, 5.41) is 2.17. The predicted molar refractivity (Wildman–Crippen MR) is 63.6 cm³/mol. The number of rotatable bonds is 4. The molecule has 0 aliphatic rings. The van der Waals surface area contributed by atoms with Crippen LogP contribution in [0.25, 0.3) is 0 Å². The fraction of sp³-hybridized carbons (Fsp3) is 0.333. The third kappa shape index (κ3) is 3.53. The molecule has 1 N–H and O–H groups in total. The topological polar surface area (TPSA) is 46.2 Å². The molecular weight excluding hydrogens is 245 g/mol. The third-order valence-corrected chi connectivity index (χ3v) is 2.65. The number of halogens is 2. The molecule has 1 aromatic carbocycles. The largest absolute Gasteiger partial charge is 0.345 e. The minimum absolute atomic E-state index is 0.0308. The normalized spacial score (nSPS) is 10.4. The molecule has 0 radical (unpaired) electrons. The average Bonchev–Trinajstić information content (AvgIpc) is 2.29. The number of benzene rings is 1. The van der Waals surface area contributed by atoms with Crippen LogP contribution in [0.4, 0.5) is 4.39 Å². The minimum atomic E-state index is -0.658. The second kappa shape index (κ2) is 5.77. The maximum atomic E-state index is 13.1. The fourth-order valence-corrected chi connectivity index (χ4v) is 1.36. The van der Waals surface area contributed by atoms with Gasteiger partial charge in [-0.25, -0.2) is 4.39 Å². The Balaban J connectivity index is 2.71. The van der Waals surface area contributed by atoms with E-state index in [2.05, 4.69) is 5.32 Å². The molecule has 0 saturated heterocycles. The maximum absolute atomic E-state index is 13.1. The Hall–Kier alpha value is -1.42. The van der Waals surface area contributed by atoms with Gasteiger partial charge >= 0.3 is 0 Å². The molecular formula is C12H13ClFNO2. The summed E-state index contributed by atoms with van der Waals surface area (Å²) in [6.45, 7) is 3.40. The lowest BCUT2D eigenvalue weighted by Gasteiger charge is -2.08. The van der Waals surface area contributed by atoms with E-state index in [4.69, 9.17) is 11.6 Å². The zero-order valence-corrected chi connectivity index (χ0v) is 10.3. The molecule has 0 saturated carbocycles. The van der Waals surface area contributed by atoms with Crippen molar-refractivity contribution in [3.05, 3.63) is 34.6 Å². The summed E-state index contributed by atoms with van der Waals surface area (Å²) in [6.07, 6.45) is 0. The first-order chi connectivity index (χ1) is 7.93. The van der Waals surface area contributed by atoms with Gasteiger partial charge in [0.2, 0.25) is 0 Å². The lowest BCUT2D eigenvalue weighted by molar-refractivity contribution is -0.120. The standard InChI is InChI=1S/C12H13ClFNO2/c1-7(2)10(16)6-15-12(17)8-4-3-5-9(14)11(8)13/h3-5,7H,6H2,1-2H3,(H,15,17). The van der Waals surface area contributed by atoms with Crippen LogP contribution in [0.5, 0.6) is 0 Å². The van der Waals surface area contributed by atoms with E-state index in [0.717, 1.165) is 0 Å². The van der Waals surface area contributed by atoms with Gasteiger partial charge in [-0.2, -0.15) is 0 Å². The van der Waals surface area contributed by atoms with E-state index in [1.807, 2.05) is 0 Å². The van der Waals surface area contributed by atoms with Crippen LogP contribution < -0.4 is 5.32 Å². The van der Waals surface area contributed by atoms with Gasteiger partial charge in [-0.15, -0.1) is 0 Å². The van der Waals surface area contributed by atoms with E-state index in [-0.39, 0.29) is 28.8 Å². The van der Waals surface area contributed by atoms with E-state index in [9.17, 15) is 14.0 Å². The van der Waals surface area contributed by atoms with Crippen LogP contribution in [0.1, 0.15) is 24.2 Å². The van der Waals surface area contributed by atoms with Gasteiger partial charge in [0.25, 0.3) is 5.91 Å². The van der Waals surface area contributed by atoms with Gasteiger partial charge in [-0.1, -0.05) is 31.5 Å². The molecule has 0 aromatic heterocycles. The van der Waals surface area contributed by atoms with Gasteiger partial charge in [0.15, 0.2) is 5.78 Å². The van der Waals surface area contributed by atoms with Crippen molar-refractivity contribution in [1.29, 1.82) is 0 Å². The van der Waals surface area contributed by atoms with Crippen LogP contribution in [0.3, 0.4) is 0 Å². The van der Waals surface area contributed by atoms with Crippen LogP contribution in [0.2, 0.25) is 5.02 Å². The highest BCUT2D eigenvalue weighted by molar-refractivity contribution is 6.34. The summed E-state index contributed by atoms with van der Waals surface area (Å²) in [7, 11) is 0. The van der Waals surface area contributed by atoms with Crippen LogP contribution in [-0.4, -0.2) is 18.2 Å². The summed E-state index contributed by atoms with van der Waals surface area (Å²) in [5.41, 5.74) is 0.0308. The van der Waals surface area contributed by atoms with Crippen molar-refractivity contribution in [3.8, 4) is 0 Å². The van der Waals surface area contributed by atoms with Crippen molar-refractivity contribution >= 4 is 23.3 Å². The number of amides is 1. The van der Waals surface area contributed by atoms with Gasteiger partial charge in [0, 0.05) is 5.92 Å². The van der Waals surface area contributed by atoms with Crippen molar-refractivity contribution in [1.82, 2.24) is 5.32 Å². The maximum Gasteiger partial charge on any atom is 0.253 e. The number of carbonyl (C=O) groups excluding carboxylic acids is 2. The summed E-state index contributed by atoms with van der Waals surface area (Å²) < 4.78 is 13.1. The molecule has 3 nitrogen and oxygen atoms in total. The van der Waals surface area contributed by atoms with Crippen molar-refractivity contribution in [3.63, 3.8) is 0 Å². The molecule has 0 heterocycles. The highest BCUT2D eigenvalue weighted by Gasteiger charge is 2.15. The second-order valence-corrected chi connectivity index (χ2v) is 4.28. The lowest BCUT2D eigenvalue weighted by Crippen LogP contribution is -2.31. The highest BCUT2D eigenvalue weighted by Crippen LogP contribution is 2.19. The Kier molecular flexibility index (Phi) is 4.63. The number of hydrogen-bond acceptors (Lipinski definition) is 2. The zero-order chi connectivity index (χ0) is 13.0. The molecule has 0 spiro atoms. The molecule has 1 amide bonds. The van der Waals surface area contributed by atoms with Gasteiger partial charge in [0.05, 0.1) is 17.1 Å². The van der Waals surface area contributed by atoms with Crippen molar-refractivity contribution in [2.24, 2.45) is 5.92 Å². The first-order valence-corrected chi connectivity index (χ1v) is 5.56. The molecule has 0 unspecified atom stereocenters. The first-order valence-electron chi connectivity index (χ1n) is 5.18. The Morgan fingerprint density at radius 3 is 2.65 bits per heavy atom. The number of nitrogens with one attached hydrogen (secondary N) is 1. The van der Waals surface area contributed by atoms with E-state index < -0.39 is 11.7 Å². The molecule has 92 valence electrons. The molecule has 0 aliphatic heterocycles. The quantitative estimate of drug-likeness (QED) is 0.901. The predicted octanol–water partition coefficient (Wildman–Crippen LogP) is 2.43. The van der Waals surface area contributed by atoms with Gasteiger partial charge in [-0.05, 0) is 12.1 Å². The average molecular weight is 258 g/mol. The Labute approximate surface area is 104 Å².